The lowest BCUT2D eigenvalue weighted by Crippen LogP contribution is -2.49. The Hall–Kier alpha value is -2.46. The Morgan fingerprint density at radius 2 is 1.86 bits per heavy atom. The van der Waals surface area contributed by atoms with Crippen LogP contribution in [0, 0.1) is 0 Å². The molecule has 0 bridgehead atoms. The van der Waals surface area contributed by atoms with Crippen molar-refractivity contribution >= 4 is 45.0 Å². The average Bonchev–Trinajstić information content (AvgIpc) is 3.43. The average molecular weight is 529 g/mol. The summed E-state index contributed by atoms with van der Waals surface area (Å²) in [6, 6.07) is 11.9. The van der Waals surface area contributed by atoms with Crippen LogP contribution >= 0.6 is 21.6 Å². The van der Waals surface area contributed by atoms with Gasteiger partial charge in [0.1, 0.15) is 11.6 Å². The standard InChI is InChI=1S/C26H36N6O2S2/c1-20(33)27-12-13-28-23-19-24(30-26(29-23)21-7-3-2-4-8-21)31-14-16-32(17-15-31)25(34)10-6-5-9-22-11-18-35-36-22/h2-4,7-8,19,22H,5-6,9-18H2,1H3,(H,27,33)(H,28,29,30). The molecule has 8 nitrogen and oxygen atoms in total. The zero-order valence-electron chi connectivity index (χ0n) is 20.9. The highest BCUT2D eigenvalue weighted by molar-refractivity contribution is 8.77. The maximum atomic E-state index is 12.8. The number of hydrogen-bond acceptors (Lipinski definition) is 8. The first-order valence-electron chi connectivity index (χ1n) is 12.8. The van der Waals surface area contributed by atoms with E-state index in [2.05, 4.69) is 15.5 Å². The van der Waals surface area contributed by atoms with E-state index < -0.39 is 0 Å². The number of nitrogens with one attached hydrogen (secondary N) is 2. The maximum absolute atomic E-state index is 12.8. The van der Waals surface area contributed by atoms with Gasteiger partial charge >= 0.3 is 0 Å². The Morgan fingerprint density at radius 1 is 1.06 bits per heavy atom. The molecule has 2 aliphatic heterocycles. The molecular formula is C26H36N6O2S2. The van der Waals surface area contributed by atoms with Crippen molar-refractivity contribution in [2.24, 2.45) is 0 Å². The van der Waals surface area contributed by atoms with Crippen molar-refractivity contribution in [3.8, 4) is 11.4 Å². The molecule has 2 aromatic rings. The van der Waals surface area contributed by atoms with E-state index in [-0.39, 0.29) is 11.8 Å². The first kappa shape index (κ1) is 26.6. The van der Waals surface area contributed by atoms with E-state index in [9.17, 15) is 9.59 Å². The first-order chi connectivity index (χ1) is 17.6. The lowest BCUT2D eigenvalue weighted by Gasteiger charge is -2.35. The highest BCUT2D eigenvalue weighted by Gasteiger charge is 2.23. The molecule has 0 spiro atoms. The van der Waals surface area contributed by atoms with Crippen LogP contribution in [0.4, 0.5) is 11.6 Å². The Labute approximate surface area is 221 Å². The number of piperazine rings is 1. The number of carbonyl (C=O) groups is 2. The maximum Gasteiger partial charge on any atom is 0.222 e. The monoisotopic (exact) mass is 528 g/mol. The van der Waals surface area contributed by atoms with Crippen LogP contribution in [0.2, 0.25) is 0 Å². The smallest absolute Gasteiger partial charge is 0.222 e. The van der Waals surface area contributed by atoms with Crippen molar-refractivity contribution in [1.82, 2.24) is 20.2 Å². The summed E-state index contributed by atoms with van der Waals surface area (Å²) >= 11 is 0. The number of anilines is 2. The summed E-state index contributed by atoms with van der Waals surface area (Å²) in [5.74, 6) is 3.73. The second-order valence-electron chi connectivity index (χ2n) is 9.15. The molecule has 2 aliphatic rings. The summed E-state index contributed by atoms with van der Waals surface area (Å²) in [4.78, 5) is 37.7. The number of nitrogens with zero attached hydrogens (tertiary/aromatic N) is 4. The van der Waals surface area contributed by atoms with E-state index in [0.29, 0.717) is 38.4 Å². The van der Waals surface area contributed by atoms with Crippen molar-refractivity contribution in [2.75, 3.05) is 55.2 Å². The van der Waals surface area contributed by atoms with Crippen LogP contribution in [0.25, 0.3) is 11.4 Å². The van der Waals surface area contributed by atoms with E-state index in [1.807, 2.05) is 62.9 Å². The van der Waals surface area contributed by atoms with Crippen molar-refractivity contribution < 1.29 is 9.59 Å². The minimum Gasteiger partial charge on any atom is -0.368 e. The van der Waals surface area contributed by atoms with Gasteiger partial charge < -0.3 is 20.4 Å². The van der Waals surface area contributed by atoms with E-state index in [1.54, 1.807) is 0 Å². The molecule has 194 valence electrons. The molecule has 2 saturated heterocycles. The van der Waals surface area contributed by atoms with Crippen LogP contribution in [0.1, 0.15) is 39.0 Å². The van der Waals surface area contributed by atoms with Crippen LogP contribution < -0.4 is 15.5 Å². The SMILES string of the molecule is CC(=O)NCCNc1cc(N2CCN(C(=O)CCCCC3CCSS3)CC2)nc(-c2ccccc2)n1. The molecule has 0 radical (unpaired) electrons. The predicted molar refractivity (Wildman–Crippen MR) is 150 cm³/mol. The van der Waals surface area contributed by atoms with E-state index in [0.717, 1.165) is 48.4 Å². The molecule has 2 fully saturated rings. The molecule has 10 heteroatoms. The third-order valence-electron chi connectivity index (χ3n) is 6.40. The third kappa shape index (κ3) is 8.03. The molecule has 0 saturated carbocycles. The van der Waals surface area contributed by atoms with Crippen LogP contribution in [-0.4, -0.2) is 77.0 Å². The van der Waals surface area contributed by atoms with Gasteiger partial charge in [0, 0.05) is 75.2 Å². The molecule has 36 heavy (non-hydrogen) atoms. The van der Waals surface area contributed by atoms with E-state index in [1.165, 1.54) is 25.5 Å². The number of rotatable bonds is 11. The van der Waals surface area contributed by atoms with Crippen LogP contribution in [0.15, 0.2) is 36.4 Å². The van der Waals surface area contributed by atoms with Crippen molar-refractivity contribution in [3.05, 3.63) is 36.4 Å². The van der Waals surface area contributed by atoms with Crippen molar-refractivity contribution in [3.63, 3.8) is 0 Å². The Morgan fingerprint density at radius 3 is 2.58 bits per heavy atom. The van der Waals surface area contributed by atoms with Gasteiger partial charge in [0.2, 0.25) is 11.8 Å². The third-order valence-corrected chi connectivity index (χ3v) is 9.41. The second-order valence-corrected chi connectivity index (χ2v) is 11.9. The summed E-state index contributed by atoms with van der Waals surface area (Å²) in [7, 11) is 4.00. The first-order valence-corrected chi connectivity index (χ1v) is 15.2. The highest BCUT2D eigenvalue weighted by atomic mass is 33.1. The molecule has 2 N–H and O–H groups in total. The summed E-state index contributed by atoms with van der Waals surface area (Å²) in [6.07, 6.45) is 5.33. The van der Waals surface area contributed by atoms with E-state index in [4.69, 9.17) is 9.97 Å². The van der Waals surface area contributed by atoms with Crippen molar-refractivity contribution in [2.45, 2.75) is 44.3 Å². The molecule has 1 aromatic heterocycles. The Bertz CT molecular complexity index is 995. The van der Waals surface area contributed by atoms with Gasteiger partial charge in [0.05, 0.1) is 0 Å². The molecule has 4 rings (SSSR count). The second kappa shape index (κ2) is 13.7. The molecule has 0 aliphatic carbocycles. The van der Waals surface area contributed by atoms with Crippen molar-refractivity contribution in [1.29, 1.82) is 0 Å². The van der Waals surface area contributed by atoms with Crippen LogP contribution in [0.5, 0.6) is 0 Å². The van der Waals surface area contributed by atoms with Crippen LogP contribution in [0.3, 0.4) is 0 Å². The predicted octanol–water partition coefficient (Wildman–Crippen LogP) is 4.05. The number of benzene rings is 1. The molecule has 1 atom stereocenters. The Kier molecular flexibility index (Phi) is 10.2. The molecular weight excluding hydrogens is 492 g/mol. The van der Waals surface area contributed by atoms with Gasteiger partial charge in [-0.05, 0) is 19.3 Å². The molecule has 1 unspecified atom stereocenters. The fourth-order valence-electron chi connectivity index (χ4n) is 4.39. The fraction of sp³-hybridized carbons (Fsp3) is 0.538. The minimum atomic E-state index is -0.0514. The number of hydrogen-bond donors (Lipinski definition) is 2. The zero-order valence-corrected chi connectivity index (χ0v) is 22.6. The van der Waals surface area contributed by atoms with Gasteiger partial charge in [-0.1, -0.05) is 58.3 Å². The number of aromatic nitrogens is 2. The number of amides is 2. The molecule has 2 amide bonds. The van der Waals surface area contributed by atoms with E-state index >= 15 is 0 Å². The topological polar surface area (TPSA) is 90.5 Å². The lowest BCUT2D eigenvalue weighted by molar-refractivity contribution is -0.131. The van der Waals surface area contributed by atoms with Gasteiger partial charge in [-0.3, -0.25) is 9.59 Å². The highest BCUT2D eigenvalue weighted by Crippen LogP contribution is 2.39. The fourth-order valence-corrected chi connectivity index (χ4v) is 7.42. The summed E-state index contributed by atoms with van der Waals surface area (Å²) in [5.41, 5.74) is 0.952. The quantitative estimate of drug-likeness (QED) is 0.333. The van der Waals surface area contributed by atoms with Crippen LogP contribution in [-0.2, 0) is 9.59 Å². The van der Waals surface area contributed by atoms with Gasteiger partial charge in [-0.2, -0.15) is 0 Å². The number of carbonyl (C=O) groups excluding carboxylic acids is 2. The molecule has 1 aromatic carbocycles. The minimum absolute atomic E-state index is 0.0514. The van der Waals surface area contributed by atoms with Gasteiger partial charge in [-0.15, -0.1) is 0 Å². The summed E-state index contributed by atoms with van der Waals surface area (Å²) in [6.45, 7) is 5.53. The largest absolute Gasteiger partial charge is 0.368 e. The summed E-state index contributed by atoms with van der Waals surface area (Å²) < 4.78 is 0. The van der Waals surface area contributed by atoms with Gasteiger partial charge in [0.15, 0.2) is 5.82 Å². The van der Waals surface area contributed by atoms with Gasteiger partial charge in [-0.25, -0.2) is 9.97 Å². The summed E-state index contributed by atoms with van der Waals surface area (Å²) in [5, 5.41) is 6.88. The molecule has 3 heterocycles. The normalized spacial score (nSPS) is 17.8. The number of unbranched alkanes of at least 4 members (excludes halogenated alkanes) is 1. The zero-order chi connectivity index (χ0) is 25.2. The van der Waals surface area contributed by atoms with Gasteiger partial charge in [0.25, 0.3) is 0 Å². The Balaban J connectivity index is 1.32. The lowest BCUT2D eigenvalue weighted by atomic mass is 10.1.